The van der Waals surface area contributed by atoms with Crippen molar-refractivity contribution in [3.05, 3.63) is 62.7 Å². The number of nitrogens with zero attached hydrogens (tertiary/aromatic N) is 5. The van der Waals surface area contributed by atoms with E-state index in [2.05, 4.69) is 10.4 Å². The number of benzene rings is 1. The van der Waals surface area contributed by atoms with Gasteiger partial charge in [0.05, 0.1) is 6.20 Å². The predicted octanol–water partition coefficient (Wildman–Crippen LogP) is 2.39. The average Bonchev–Trinajstić information content (AvgIpc) is 3.10. The molecule has 9 nitrogen and oxygen atoms in total. The SMILES string of the molecule is Cn1c(C#N)cn2nc(N3CCC[C@@H](NC(=O)O)C3)c(Cc3ccccc3Cl)c2c1=O. The summed E-state index contributed by atoms with van der Waals surface area (Å²) in [6.07, 6.45) is 2.37. The maximum absolute atomic E-state index is 13.1. The van der Waals surface area contributed by atoms with Gasteiger partial charge in [-0.05, 0) is 24.5 Å². The van der Waals surface area contributed by atoms with Gasteiger partial charge in [-0.1, -0.05) is 29.8 Å². The highest BCUT2D eigenvalue weighted by atomic mass is 35.5. The Hall–Kier alpha value is -3.51. The number of nitriles is 1. The zero-order valence-electron chi connectivity index (χ0n) is 16.9. The number of nitrogens with one attached hydrogen (secondary N) is 1. The van der Waals surface area contributed by atoms with E-state index in [0.29, 0.717) is 41.4 Å². The number of rotatable bonds is 4. The summed E-state index contributed by atoms with van der Waals surface area (Å²) in [4.78, 5) is 26.2. The first kappa shape index (κ1) is 20.8. The molecule has 1 fully saturated rings. The molecule has 1 saturated heterocycles. The number of halogens is 1. The quantitative estimate of drug-likeness (QED) is 0.643. The first-order valence-electron chi connectivity index (χ1n) is 9.88. The summed E-state index contributed by atoms with van der Waals surface area (Å²) in [7, 11) is 1.56. The minimum Gasteiger partial charge on any atom is -0.465 e. The Morgan fingerprint density at radius 1 is 1.42 bits per heavy atom. The molecular formula is C21H21ClN6O3. The van der Waals surface area contributed by atoms with Gasteiger partial charge in [-0.25, -0.2) is 9.31 Å². The minimum absolute atomic E-state index is 0.194. The average molecular weight is 441 g/mol. The molecule has 0 aliphatic carbocycles. The Morgan fingerprint density at radius 2 is 2.19 bits per heavy atom. The number of anilines is 1. The molecule has 1 atom stereocenters. The molecule has 2 aromatic heterocycles. The predicted molar refractivity (Wildman–Crippen MR) is 116 cm³/mol. The molecule has 10 heteroatoms. The number of hydrogen-bond donors (Lipinski definition) is 2. The fourth-order valence-corrected chi connectivity index (χ4v) is 4.27. The van der Waals surface area contributed by atoms with Gasteiger partial charge >= 0.3 is 6.09 Å². The Labute approximate surface area is 183 Å². The molecule has 3 heterocycles. The highest BCUT2D eigenvalue weighted by Crippen LogP contribution is 2.30. The van der Waals surface area contributed by atoms with E-state index in [0.717, 1.165) is 18.4 Å². The normalized spacial score (nSPS) is 16.3. The molecule has 1 aromatic carbocycles. The van der Waals surface area contributed by atoms with Gasteiger partial charge in [0, 0.05) is 43.2 Å². The van der Waals surface area contributed by atoms with Crippen molar-refractivity contribution in [3.8, 4) is 6.07 Å². The lowest BCUT2D eigenvalue weighted by molar-refractivity contribution is 0.188. The largest absolute Gasteiger partial charge is 0.465 e. The van der Waals surface area contributed by atoms with E-state index in [1.165, 1.54) is 15.3 Å². The second kappa shape index (κ2) is 8.32. The lowest BCUT2D eigenvalue weighted by Gasteiger charge is -2.33. The van der Waals surface area contributed by atoms with Gasteiger partial charge in [-0.3, -0.25) is 9.36 Å². The standard InChI is InChI=1S/C21H21ClN6O3/c1-26-15(10-23)12-28-18(20(26)29)16(9-13-5-2-3-7-17(13)22)19(25-28)27-8-4-6-14(11-27)24-21(30)31/h2-3,5,7,12,14,24H,4,6,8-9,11H2,1H3,(H,30,31)/t14-/m1/s1. The molecular weight excluding hydrogens is 420 g/mol. The van der Waals surface area contributed by atoms with Gasteiger partial charge in [0.15, 0.2) is 5.82 Å². The van der Waals surface area contributed by atoms with Crippen LogP contribution in [0.4, 0.5) is 10.6 Å². The third-order valence-corrected chi connectivity index (χ3v) is 5.96. The number of aromatic nitrogens is 3. The molecule has 0 unspecified atom stereocenters. The maximum atomic E-state index is 13.1. The van der Waals surface area contributed by atoms with Crippen LogP contribution in [-0.4, -0.2) is 44.5 Å². The summed E-state index contributed by atoms with van der Waals surface area (Å²) in [5, 5.41) is 26.3. The first-order valence-corrected chi connectivity index (χ1v) is 10.3. The molecule has 0 spiro atoms. The molecule has 31 heavy (non-hydrogen) atoms. The van der Waals surface area contributed by atoms with Gasteiger partial charge in [-0.2, -0.15) is 5.26 Å². The Bertz CT molecular complexity index is 1260. The maximum Gasteiger partial charge on any atom is 0.404 e. The van der Waals surface area contributed by atoms with Crippen molar-refractivity contribution in [1.29, 1.82) is 5.26 Å². The fraction of sp³-hybridized carbons (Fsp3) is 0.333. The smallest absolute Gasteiger partial charge is 0.404 e. The molecule has 3 aromatic rings. The summed E-state index contributed by atoms with van der Waals surface area (Å²) in [5.41, 5.74) is 1.81. The molecule has 1 aliphatic heterocycles. The van der Waals surface area contributed by atoms with Crippen LogP contribution in [0.3, 0.4) is 0 Å². The van der Waals surface area contributed by atoms with Gasteiger partial charge in [0.2, 0.25) is 0 Å². The van der Waals surface area contributed by atoms with Crippen molar-refractivity contribution >= 4 is 29.0 Å². The zero-order valence-corrected chi connectivity index (χ0v) is 17.6. The van der Waals surface area contributed by atoms with E-state index in [1.807, 2.05) is 29.2 Å². The highest BCUT2D eigenvalue weighted by molar-refractivity contribution is 6.31. The third kappa shape index (κ3) is 3.94. The van der Waals surface area contributed by atoms with Gasteiger partial charge in [0.25, 0.3) is 5.56 Å². The minimum atomic E-state index is -1.06. The Balaban J connectivity index is 1.86. The van der Waals surface area contributed by atoms with Crippen LogP contribution in [0.25, 0.3) is 5.52 Å². The Morgan fingerprint density at radius 3 is 2.90 bits per heavy atom. The van der Waals surface area contributed by atoms with E-state index in [9.17, 15) is 14.9 Å². The molecule has 1 aliphatic rings. The number of fused-ring (bicyclic) bond motifs is 1. The van der Waals surface area contributed by atoms with Crippen molar-refractivity contribution in [3.63, 3.8) is 0 Å². The summed E-state index contributed by atoms with van der Waals surface area (Å²) < 4.78 is 2.76. The molecule has 160 valence electrons. The van der Waals surface area contributed by atoms with Crippen molar-refractivity contribution < 1.29 is 9.90 Å². The Kier molecular flexibility index (Phi) is 5.57. The number of piperidine rings is 1. The van der Waals surface area contributed by atoms with E-state index >= 15 is 0 Å². The van der Waals surface area contributed by atoms with Crippen molar-refractivity contribution in [2.24, 2.45) is 7.05 Å². The van der Waals surface area contributed by atoms with Crippen LogP contribution in [0, 0.1) is 11.3 Å². The lowest BCUT2D eigenvalue weighted by Crippen LogP contribution is -2.47. The molecule has 1 amide bonds. The second-order valence-corrected chi connectivity index (χ2v) is 8.00. The van der Waals surface area contributed by atoms with Gasteiger partial charge < -0.3 is 15.3 Å². The number of carbonyl (C=O) groups is 1. The molecule has 0 radical (unpaired) electrons. The lowest BCUT2D eigenvalue weighted by atomic mass is 10.0. The zero-order chi connectivity index (χ0) is 22.1. The monoisotopic (exact) mass is 440 g/mol. The van der Waals surface area contributed by atoms with Crippen LogP contribution in [0.15, 0.2) is 35.3 Å². The van der Waals surface area contributed by atoms with E-state index in [4.69, 9.17) is 16.7 Å². The van der Waals surface area contributed by atoms with Crippen LogP contribution in [0.5, 0.6) is 0 Å². The summed E-state index contributed by atoms with van der Waals surface area (Å²) >= 11 is 6.39. The molecule has 0 saturated carbocycles. The van der Waals surface area contributed by atoms with Crippen LogP contribution in [-0.2, 0) is 13.5 Å². The van der Waals surface area contributed by atoms with Crippen molar-refractivity contribution in [2.45, 2.75) is 25.3 Å². The van der Waals surface area contributed by atoms with Gasteiger partial charge in [0.1, 0.15) is 17.3 Å². The van der Waals surface area contributed by atoms with Crippen LogP contribution < -0.4 is 15.8 Å². The summed E-state index contributed by atoms with van der Waals surface area (Å²) in [5.74, 6) is 0.601. The topological polar surface area (TPSA) is 116 Å². The number of carboxylic acid groups (broad SMARTS) is 1. The highest BCUT2D eigenvalue weighted by Gasteiger charge is 2.28. The summed E-state index contributed by atoms with van der Waals surface area (Å²) in [6.45, 7) is 1.12. The fourth-order valence-electron chi connectivity index (χ4n) is 4.06. The van der Waals surface area contributed by atoms with Crippen LogP contribution >= 0.6 is 11.6 Å². The number of hydrogen-bond acceptors (Lipinski definition) is 5. The first-order chi connectivity index (χ1) is 14.9. The second-order valence-electron chi connectivity index (χ2n) is 7.59. The molecule has 2 N–H and O–H groups in total. The van der Waals surface area contributed by atoms with Crippen LogP contribution in [0.1, 0.15) is 29.7 Å². The van der Waals surface area contributed by atoms with Gasteiger partial charge in [-0.15, -0.1) is 5.10 Å². The van der Waals surface area contributed by atoms with E-state index in [-0.39, 0.29) is 17.3 Å². The van der Waals surface area contributed by atoms with Crippen molar-refractivity contribution in [2.75, 3.05) is 18.0 Å². The number of amides is 1. The van der Waals surface area contributed by atoms with E-state index < -0.39 is 6.09 Å². The molecule has 4 rings (SSSR count). The third-order valence-electron chi connectivity index (χ3n) is 5.59. The summed E-state index contributed by atoms with van der Waals surface area (Å²) in [6, 6.07) is 9.19. The van der Waals surface area contributed by atoms with E-state index in [1.54, 1.807) is 13.1 Å². The van der Waals surface area contributed by atoms with Crippen molar-refractivity contribution in [1.82, 2.24) is 19.5 Å². The van der Waals surface area contributed by atoms with Crippen LogP contribution in [0.2, 0.25) is 5.02 Å². The molecule has 0 bridgehead atoms.